The van der Waals surface area contributed by atoms with Crippen molar-refractivity contribution in [1.29, 1.82) is 0 Å². The summed E-state index contributed by atoms with van der Waals surface area (Å²) in [5, 5.41) is 0. The minimum atomic E-state index is -2.08. The molecule has 1 N–H and O–H groups in total. The van der Waals surface area contributed by atoms with Gasteiger partial charge >= 0.3 is 17.6 Å². The largest absolute Gasteiger partial charge is 0.459 e. The molecule has 10 heteroatoms. The van der Waals surface area contributed by atoms with Crippen molar-refractivity contribution in [3.05, 3.63) is 105 Å². The van der Waals surface area contributed by atoms with Crippen LogP contribution in [0.2, 0.25) is 0 Å². The summed E-state index contributed by atoms with van der Waals surface area (Å²) < 4.78 is 32.1. The van der Waals surface area contributed by atoms with Crippen LogP contribution in [0.15, 0.2) is 82.5 Å². The maximum absolute atomic E-state index is 15.4. The molecule has 4 rings (SSSR count). The highest BCUT2D eigenvalue weighted by molar-refractivity contribution is 5.90. The third-order valence-corrected chi connectivity index (χ3v) is 5.05. The number of nitrogens with zero attached hydrogens (tertiary/aromatic N) is 1. The maximum Gasteiger partial charge on any atom is 0.338 e. The van der Waals surface area contributed by atoms with Crippen LogP contribution in [-0.2, 0) is 14.2 Å². The number of H-pyrrole nitrogens is 1. The number of hydrogen-bond donors (Lipinski definition) is 1. The number of benzene rings is 2. The lowest BCUT2D eigenvalue weighted by Crippen LogP contribution is -2.41. The van der Waals surface area contributed by atoms with E-state index in [1.54, 1.807) is 36.4 Å². The third kappa shape index (κ3) is 4.75. The lowest BCUT2D eigenvalue weighted by Gasteiger charge is -2.19. The fourth-order valence-electron chi connectivity index (χ4n) is 3.43. The highest BCUT2D eigenvalue weighted by atomic mass is 19.1. The smallest absolute Gasteiger partial charge is 0.338 e. The number of esters is 2. The zero-order valence-corrected chi connectivity index (χ0v) is 17.1. The quantitative estimate of drug-likeness (QED) is 0.565. The first kappa shape index (κ1) is 22.2. The van der Waals surface area contributed by atoms with Crippen LogP contribution in [0.25, 0.3) is 0 Å². The van der Waals surface area contributed by atoms with E-state index in [0.717, 1.165) is 12.3 Å². The molecular weight excluding hydrogens is 435 g/mol. The number of aromatic amines is 1. The monoisotopic (exact) mass is 454 g/mol. The Balaban J connectivity index is 1.58. The summed E-state index contributed by atoms with van der Waals surface area (Å²) in [6.07, 6.45) is -5.46. The SMILES string of the molecule is O=C(OC[C@H]1O[C@H](n2c(=O)cc[nH]c2=O)[C@@H](F)[C@@H]1OC(=O)c1ccccc1)c1ccccc1. The van der Waals surface area contributed by atoms with Gasteiger partial charge in [0.05, 0.1) is 11.1 Å². The molecule has 1 saturated heterocycles. The van der Waals surface area contributed by atoms with Crippen molar-refractivity contribution in [3.8, 4) is 0 Å². The van der Waals surface area contributed by atoms with Crippen LogP contribution in [0.3, 0.4) is 0 Å². The van der Waals surface area contributed by atoms with Gasteiger partial charge < -0.3 is 19.2 Å². The average molecular weight is 454 g/mol. The Morgan fingerprint density at radius 2 is 1.55 bits per heavy atom. The summed E-state index contributed by atoms with van der Waals surface area (Å²) in [5.74, 6) is -1.53. The van der Waals surface area contributed by atoms with E-state index in [4.69, 9.17) is 14.2 Å². The van der Waals surface area contributed by atoms with E-state index >= 15 is 4.39 Å². The molecule has 0 radical (unpaired) electrons. The minimum Gasteiger partial charge on any atom is -0.459 e. The zero-order chi connectivity index (χ0) is 23.4. The van der Waals surface area contributed by atoms with Crippen LogP contribution < -0.4 is 11.2 Å². The Hall–Kier alpha value is -4.05. The van der Waals surface area contributed by atoms with Gasteiger partial charge in [-0.3, -0.25) is 4.79 Å². The van der Waals surface area contributed by atoms with Crippen LogP contribution in [0.1, 0.15) is 26.9 Å². The molecule has 0 saturated carbocycles. The lowest BCUT2D eigenvalue weighted by atomic mass is 10.1. The van der Waals surface area contributed by atoms with Gasteiger partial charge in [-0.15, -0.1) is 0 Å². The van der Waals surface area contributed by atoms with E-state index in [2.05, 4.69) is 4.98 Å². The second kappa shape index (κ2) is 9.61. The van der Waals surface area contributed by atoms with Gasteiger partial charge in [-0.1, -0.05) is 36.4 Å². The van der Waals surface area contributed by atoms with Crippen LogP contribution in [0, 0.1) is 0 Å². The van der Waals surface area contributed by atoms with Crippen molar-refractivity contribution in [1.82, 2.24) is 9.55 Å². The molecule has 1 fully saturated rings. The Morgan fingerprint density at radius 3 is 2.15 bits per heavy atom. The van der Waals surface area contributed by atoms with Crippen LogP contribution in [0.5, 0.6) is 0 Å². The summed E-state index contributed by atoms with van der Waals surface area (Å²) in [7, 11) is 0. The minimum absolute atomic E-state index is 0.169. The topological polar surface area (TPSA) is 117 Å². The van der Waals surface area contributed by atoms with E-state index in [0.29, 0.717) is 4.57 Å². The third-order valence-electron chi connectivity index (χ3n) is 5.05. The Bertz CT molecular complexity index is 1210. The maximum atomic E-state index is 15.4. The summed E-state index contributed by atoms with van der Waals surface area (Å²) in [5.41, 5.74) is -1.27. The molecule has 2 aromatic carbocycles. The van der Waals surface area contributed by atoms with Gasteiger partial charge in [0, 0.05) is 12.3 Å². The van der Waals surface area contributed by atoms with E-state index in [1.807, 2.05) is 0 Å². The van der Waals surface area contributed by atoms with Crippen molar-refractivity contribution < 1.29 is 28.2 Å². The Kier molecular flexibility index (Phi) is 6.45. The highest BCUT2D eigenvalue weighted by Crippen LogP contribution is 2.33. The molecule has 2 heterocycles. The van der Waals surface area contributed by atoms with Crippen LogP contribution in [0.4, 0.5) is 4.39 Å². The zero-order valence-electron chi connectivity index (χ0n) is 17.1. The molecule has 33 heavy (non-hydrogen) atoms. The molecule has 4 atom stereocenters. The fourth-order valence-corrected chi connectivity index (χ4v) is 3.43. The second-order valence-electron chi connectivity index (χ2n) is 7.20. The summed E-state index contributed by atoms with van der Waals surface area (Å²) in [6.45, 7) is -0.475. The molecule has 0 spiro atoms. The van der Waals surface area contributed by atoms with Gasteiger partial charge in [0.2, 0.25) is 0 Å². The molecule has 0 bridgehead atoms. The van der Waals surface area contributed by atoms with Crippen molar-refractivity contribution in [3.63, 3.8) is 0 Å². The molecule has 1 aliphatic heterocycles. The number of halogens is 1. The predicted octanol–water partition coefficient (Wildman–Crippen LogP) is 1.85. The number of carbonyl (C=O) groups excluding carboxylic acids is 2. The molecule has 170 valence electrons. The number of hydrogen-bond acceptors (Lipinski definition) is 7. The fraction of sp³-hybridized carbons (Fsp3) is 0.217. The first-order valence-corrected chi connectivity index (χ1v) is 10.0. The number of rotatable bonds is 6. The molecule has 3 aromatic rings. The normalized spacial score (nSPS) is 22.0. The van der Waals surface area contributed by atoms with E-state index < -0.39 is 54.4 Å². The molecule has 1 aliphatic rings. The van der Waals surface area contributed by atoms with Crippen LogP contribution in [-0.4, -0.2) is 46.5 Å². The van der Waals surface area contributed by atoms with Gasteiger partial charge in [-0.05, 0) is 24.3 Å². The van der Waals surface area contributed by atoms with Gasteiger partial charge in [0.15, 0.2) is 18.5 Å². The van der Waals surface area contributed by atoms with Gasteiger partial charge in [-0.2, -0.15) is 0 Å². The Labute approximate surface area is 186 Å². The van der Waals surface area contributed by atoms with E-state index in [-0.39, 0.29) is 11.1 Å². The van der Waals surface area contributed by atoms with Crippen molar-refractivity contribution in [2.75, 3.05) is 6.61 Å². The number of carbonyl (C=O) groups is 2. The molecule has 0 unspecified atom stereocenters. The lowest BCUT2D eigenvalue weighted by molar-refractivity contribution is -0.0600. The standard InChI is InChI=1S/C23H19FN2O7/c24-18-19(33-22(29)15-9-5-2-6-10-15)16(13-31-21(28)14-7-3-1-4-8-14)32-20(18)26-17(27)11-12-25-23(26)30/h1-12,16,18-20H,13H2,(H,25,30)/t16-,18+,19-,20+/m1/s1. The van der Waals surface area contributed by atoms with E-state index in [1.165, 1.54) is 24.3 Å². The molecule has 9 nitrogen and oxygen atoms in total. The summed E-state index contributed by atoms with van der Waals surface area (Å²) in [6, 6.07) is 17.0. The van der Waals surface area contributed by atoms with Crippen LogP contribution >= 0.6 is 0 Å². The van der Waals surface area contributed by atoms with Crippen molar-refractivity contribution in [2.45, 2.75) is 24.6 Å². The second-order valence-corrected chi connectivity index (χ2v) is 7.20. The number of ether oxygens (including phenoxy) is 3. The average Bonchev–Trinajstić information content (AvgIpc) is 3.13. The summed E-state index contributed by atoms with van der Waals surface area (Å²) in [4.78, 5) is 51.4. The molecular formula is C23H19FN2O7. The first-order chi connectivity index (χ1) is 16.0. The van der Waals surface area contributed by atoms with E-state index in [9.17, 15) is 19.2 Å². The van der Waals surface area contributed by atoms with Gasteiger partial charge in [0.1, 0.15) is 12.7 Å². The first-order valence-electron chi connectivity index (χ1n) is 10.0. The molecule has 0 aliphatic carbocycles. The molecule has 1 aromatic heterocycles. The van der Waals surface area contributed by atoms with Crippen molar-refractivity contribution >= 4 is 11.9 Å². The molecule has 0 amide bonds. The van der Waals surface area contributed by atoms with Crippen molar-refractivity contribution in [2.24, 2.45) is 0 Å². The highest BCUT2D eigenvalue weighted by Gasteiger charge is 2.50. The Morgan fingerprint density at radius 1 is 0.939 bits per heavy atom. The predicted molar refractivity (Wildman–Crippen MR) is 112 cm³/mol. The number of aromatic nitrogens is 2. The van der Waals surface area contributed by atoms with Gasteiger partial charge in [-0.25, -0.2) is 23.3 Å². The van der Waals surface area contributed by atoms with Gasteiger partial charge in [0.25, 0.3) is 5.56 Å². The number of nitrogens with one attached hydrogen (secondary N) is 1. The number of alkyl halides is 1. The summed E-state index contributed by atoms with van der Waals surface area (Å²) >= 11 is 0.